The SMILES string of the molecule is CC(C)(N)C(O)c1cccc(Br)c1. The second kappa shape index (κ2) is 3.78. The van der Waals surface area contributed by atoms with E-state index in [1.54, 1.807) is 13.8 Å². The molecule has 13 heavy (non-hydrogen) atoms. The highest BCUT2D eigenvalue weighted by molar-refractivity contribution is 9.10. The number of benzene rings is 1. The Labute approximate surface area is 86.9 Å². The zero-order valence-corrected chi connectivity index (χ0v) is 9.38. The Hall–Kier alpha value is -0.380. The van der Waals surface area contributed by atoms with Crippen LogP contribution in [0, 0.1) is 0 Å². The summed E-state index contributed by atoms with van der Waals surface area (Å²) >= 11 is 3.35. The van der Waals surface area contributed by atoms with E-state index >= 15 is 0 Å². The second-order valence-corrected chi connectivity index (χ2v) is 4.69. The molecule has 0 heterocycles. The van der Waals surface area contributed by atoms with Gasteiger partial charge in [-0.1, -0.05) is 28.1 Å². The molecule has 0 amide bonds. The monoisotopic (exact) mass is 243 g/mol. The standard InChI is InChI=1S/C10H14BrNO/c1-10(2,12)9(13)7-4-3-5-8(11)6-7/h3-6,9,13H,12H2,1-2H3. The molecular weight excluding hydrogens is 230 g/mol. The number of aliphatic hydroxyl groups is 1. The number of aliphatic hydroxyl groups excluding tert-OH is 1. The van der Waals surface area contributed by atoms with Crippen LogP contribution >= 0.6 is 15.9 Å². The lowest BCUT2D eigenvalue weighted by Crippen LogP contribution is -2.39. The molecule has 0 aliphatic carbocycles. The predicted octanol–water partition coefficient (Wildman–Crippen LogP) is 2.22. The van der Waals surface area contributed by atoms with Crippen LogP contribution in [0.5, 0.6) is 0 Å². The lowest BCUT2D eigenvalue weighted by atomic mass is 9.93. The van der Waals surface area contributed by atoms with Crippen LogP contribution in [0.4, 0.5) is 0 Å². The maximum Gasteiger partial charge on any atom is 0.0964 e. The summed E-state index contributed by atoms with van der Waals surface area (Å²) in [4.78, 5) is 0. The Morgan fingerprint density at radius 1 is 1.46 bits per heavy atom. The minimum Gasteiger partial charge on any atom is -0.387 e. The largest absolute Gasteiger partial charge is 0.387 e. The lowest BCUT2D eigenvalue weighted by Gasteiger charge is -2.26. The number of hydrogen-bond donors (Lipinski definition) is 2. The summed E-state index contributed by atoms with van der Waals surface area (Å²) in [6, 6.07) is 7.54. The molecule has 0 saturated heterocycles. The first-order valence-electron chi connectivity index (χ1n) is 4.13. The molecular formula is C10H14BrNO. The molecule has 1 atom stereocenters. The molecule has 0 spiro atoms. The molecule has 1 aromatic rings. The molecule has 1 unspecified atom stereocenters. The fraction of sp³-hybridized carbons (Fsp3) is 0.400. The minimum absolute atomic E-state index is 0.610. The summed E-state index contributed by atoms with van der Waals surface area (Å²) in [6.07, 6.45) is -0.634. The van der Waals surface area contributed by atoms with Crippen LogP contribution in [0.2, 0.25) is 0 Å². The maximum absolute atomic E-state index is 9.84. The van der Waals surface area contributed by atoms with Crippen molar-refractivity contribution in [1.82, 2.24) is 0 Å². The van der Waals surface area contributed by atoms with Gasteiger partial charge in [0.1, 0.15) is 0 Å². The molecule has 1 rings (SSSR count). The number of hydrogen-bond acceptors (Lipinski definition) is 2. The molecule has 3 N–H and O–H groups in total. The number of nitrogens with two attached hydrogens (primary N) is 1. The number of rotatable bonds is 2. The Bertz CT molecular complexity index is 293. The van der Waals surface area contributed by atoms with Crippen molar-refractivity contribution >= 4 is 15.9 Å². The Morgan fingerprint density at radius 3 is 2.54 bits per heavy atom. The highest BCUT2D eigenvalue weighted by Crippen LogP contribution is 2.25. The Morgan fingerprint density at radius 2 is 2.08 bits per heavy atom. The summed E-state index contributed by atoms with van der Waals surface area (Å²) in [5.74, 6) is 0. The van der Waals surface area contributed by atoms with Gasteiger partial charge >= 0.3 is 0 Å². The highest BCUT2D eigenvalue weighted by atomic mass is 79.9. The third-order valence-corrected chi connectivity index (χ3v) is 2.36. The van der Waals surface area contributed by atoms with Crippen LogP contribution < -0.4 is 5.73 Å². The predicted molar refractivity (Wildman–Crippen MR) is 57.4 cm³/mol. The molecule has 0 saturated carbocycles. The quantitative estimate of drug-likeness (QED) is 0.837. The average Bonchev–Trinajstić information content (AvgIpc) is 2.01. The average molecular weight is 244 g/mol. The molecule has 72 valence electrons. The molecule has 0 radical (unpaired) electrons. The zero-order valence-electron chi connectivity index (χ0n) is 7.79. The van der Waals surface area contributed by atoms with Gasteiger partial charge in [-0.3, -0.25) is 0 Å². The van der Waals surface area contributed by atoms with Gasteiger partial charge in [0, 0.05) is 10.0 Å². The van der Waals surface area contributed by atoms with Gasteiger partial charge in [0.05, 0.1) is 6.10 Å². The van der Waals surface area contributed by atoms with Crippen molar-refractivity contribution in [2.24, 2.45) is 5.73 Å². The van der Waals surface area contributed by atoms with Gasteiger partial charge in [0.25, 0.3) is 0 Å². The van der Waals surface area contributed by atoms with Crippen molar-refractivity contribution in [1.29, 1.82) is 0 Å². The first-order valence-corrected chi connectivity index (χ1v) is 4.93. The summed E-state index contributed by atoms with van der Waals surface area (Å²) in [5.41, 5.74) is 6.02. The van der Waals surface area contributed by atoms with Crippen LogP contribution in [-0.2, 0) is 0 Å². The fourth-order valence-electron chi connectivity index (χ4n) is 1.11. The van der Waals surface area contributed by atoms with Crippen molar-refractivity contribution in [3.63, 3.8) is 0 Å². The molecule has 2 nitrogen and oxygen atoms in total. The van der Waals surface area contributed by atoms with Gasteiger partial charge in [0.15, 0.2) is 0 Å². The van der Waals surface area contributed by atoms with E-state index in [0.717, 1.165) is 10.0 Å². The van der Waals surface area contributed by atoms with Gasteiger partial charge in [-0.2, -0.15) is 0 Å². The third kappa shape index (κ3) is 2.79. The van der Waals surface area contributed by atoms with E-state index in [0.29, 0.717) is 0 Å². The first-order chi connectivity index (χ1) is 5.91. The molecule has 0 fully saturated rings. The molecule has 0 bridgehead atoms. The molecule has 0 aliphatic heterocycles. The van der Waals surface area contributed by atoms with Crippen LogP contribution in [0.25, 0.3) is 0 Å². The van der Waals surface area contributed by atoms with Crippen molar-refractivity contribution in [3.05, 3.63) is 34.3 Å². The fourth-order valence-corrected chi connectivity index (χ4v) is 1.52. The van der Waals surface area contributed by atoms with Crippen LogP contribution in [0.15, 0.2) is 28.7 Å². The first kappa shape index (κ1) is 10.7. The Balaban J connectivity index is 2.96. The zero-order chi connectivity index (χ0) is 10.1. The van der Waals surface area contributed by atoms with E-state index in [-0.39, 0.29) is 0 Å². The van der Waals surface area contributed by atoms with E-state index in [9.17, 15) is 5.11 Å². The molecule has 0 aliphatic rings. The van der Waals surface area contributed by atoms with E-state index in [2.05, 4.69) is 15.9 Å². The normalized spacial score (nSPS) is 14.2. The molecule has 3 heteroatoms. The third-order valence-electron chi connectivity index (χ3n) is 1.87. The van der Waals surface area contributed by atoms with E-state index < -0.39 is 11.6 Å². The lowest BCUT2D eigenvalue weighted by molar-refractivity contribution is 0.104. The molecule has 1 aromatic carbocycles. The Kier molecular flexibility index (Phi) is 3.11. The maximum atomic E-state index is 9.84. The summed E-state index contributed by atoms with van der Waals surface area (Å²) < 4.78 is 0.952. The van der Waals surface area contributed by atoms with Crippen molar-refractivity contribution < 1.29 is 5.11 Å². The summed E-state index contributed by atoms with van der Waals surface area (Å²) in [6.45, 7) is 3.61. The van der Waals surface area contributed by atoms with Gasteiger partial charge in [-0.25, -0.2) is 0 Å². The van der Waals surface area contributed by atoms with Gasteiger partial charge in [-0.05, 0) is 31.5 Å². The van der Waals surface area contributed by atoms with Crippen LogP contribution in [0.1, 0.15) is 25.5 Å². The van der Waals surface area contributed by atoms with E-state index in [1.807, 2.05) is 24.3 Å². The minimum atomic E-state index is -0.634. The van der Waals surface area contributed by atoms with Gasteiger partial charge in [0.2, 0.25) is 0 Å². The van der Waals surface area contributed by atoms with Crippen molar-refractivity contribution in [2.75, 3.05) is 0 Å². The van der Waals surface area contributed by atoms with Crippen molar-refractivity contribution in [3.8, 4) is 0 Å². The highest BCUT2D eigenvalue weighted by Gasteiger charge is 2.24. The topological polar surface area (TPSA) is 46.2 Å². The van der Waals surface area contributed by atoms with Crippen molar-refractivity contribution in [2.45, 2.75) is 25.5 Å². The van der Waals surface area contributed by atoms with Crippen LogP contribution in [-0.4, -0.2) is 10.6 Å². The molecule has 0 aromatic heterocycles. The van der Waals surface area contributed by atoms with E-state index in [4.69, 9.17) is 5.73 Å². The van der Waals surface area contributed by atoms with Gasteiger partial charge in [-0.15, -0.1) is 0 Å². The summed E-state index contributed by atoms with van der Waals surface area (Å²) in [7, 11) is 0. The van der Waals surface area contributed by atoms with Gasteiger partial charge < -0.3 is 10.8 Å². The smallest absolute Gasteiger partial charge is 0.0964 e. The number of halogens is 1. The summed E-state index contributed by atoms with van der Waals surface area (Å²) in [5, 5.41) is 9.84. The second-order valence-electron chi connectivity index (χ2n) is 3.78. The van der Waals surface area contributed by atoms with Crippen LogP contribution in [0.3, 0.4) is 0 Å². The van der Waals surface area contributed by atoms with E-state index in [1.165, 1.54) is 0 Å².